The van der Waals surface area contributed by atoms with Crippen LogP contribution in [0.3, 0.4) is 0 Å². The predicted octanol–water partition coefficient (Wildman–Crippen LogP) is 4.37. The number of nitrogens with zero attached hydrogens (tertiary/aromatic N) is 1. The van der Waals surface area contributed by atoms with Crippen LogP contribution in [0.4, 0.5) is 10.5 Å². The maximum absolute atomic E-state index is 13.1. The first-order chi connectivity index (χ1) is 14.9. The van der Waals surface area contributed by atoms with Gasteiger partial charge < -0.3 is 14.6 Å². The Morgan fingerprint density at radius 3 is 2.25 bits per heavy atom. The summed E-state index contributed by atoms with van der Waals surface area (Å²) in [6.07, 6.45) is -1.15. The minimum absolute atomic E-state index is 0.0811. The topological polar surface area (TPSA) is 110 Å². The lowest BCUT2D eigenvalue weighted by atomic mass is 10.1. The highest BCUT2D eigenvalue weighted by molar-refractivity contribution is 7.93. The molecular weight excluding hydrogens is 434 g/mol. The molecule has 0 aliphatic heterocycles. The van der Waals surface area contributed by atoms with Gasteiger partial charge in [-0.3, -0.25) is 4.79 Å². The Bertz CT molecular complexity index is 1040. The van der Waals surface area contributed by atoms with Crippen LogP contribution in [0.5, 0.6) is 5.75 Å². The van der Waals surface area contributed by atoms with Gasteiger partial charge in [-0.15, -0.1) is 0 Å². The quantitative estimate of drug-likeness (QED) is 0.588. The number of aliphatic carboxylic acids is 1. The molecule has 0 heterocycles. The number of hydrogen-bond acceptors (Lipinski definition) is 6. The van der Waals surface area contributed by atoms with Crippen molar-refractivity contribution < 1.29 is 32.6 Å². The Morgan fingerprint density at radius 2 is 1.69 bits per heavy atom. The maximum atomic E-state index is 13.1. The van der Waals surface area contributed by atoms with E-state index in [0.29, 0.717) is 9.87 Å². The summed E-state index contributed by atoms with van der Waals surface area (Å²) in [5.74, 6) is -1.27. The number of amides is 1. The van der Waals surface area contributed by atoms with Gasteiger partial charge in [-0.2, -0.15) is 4.31 Å². The first-order valence-electron chi connectivity index (χ1n) is 10.2. The van der Waals surface area contributed by atoms with E-state index in [-0.39, 0.29) is 36.6 Å². The van der Waals surface area contributed by atoms with Gasteiger partial charge >= 0.3 is 12.1 Å². The van der Waals surface area contributed by atoms with Crippen molar-refractivity contribution in [1.82, 2.24) is 0 Å². The number of carbonyl (C=O) groups excluding carboxylic acids is 1. The van der Waals surface area contributed by atoms with E-state index in [9.17, 15) is 18.0 Å². The summed E-state index contributed by atoms with van der Waals surface area (Å²) in [4.78, 5) is 24.2. The maximum Gasteiger partial charge on any atom is 0.429 e. The molecule has 0 saturated carbocycles. The molecule has 0 aliphatic rings. The molecule has 174 valence electrons. The third kappa shape index (κ3) is 7.26. The molecule has 1 amide bonds. The molecule has 0 radical (unpaired) electrons. The molecule has 0 unspecified atom stereocenters. The fourth-order valence-corrected chi connectivity index (χ4v) is 4.28. The number of carboxylic acids is 1. The number of benzene rings is 2. The highest BCUT2D eigenvalue weighted by Gasteiger charge is 2.35. The number of sulfonamides is 1. The van der Waals surface area contributed by atoms with Gasteiger partial charge in [0.2, 0.25) is 10.0 Å². The molecule has 1 N–H and O–H groups in total. The van der Waals surface area contributed by atoms with Crippen LogP contribution in [-0.2, 0) is 32.6 Å². The zero-order valence-corrected chi connectivity index (χ0v) is 19.5. The number of carboxylic acid groups (broad SMARTS) is 1. The molecule has 8 nitrogen and oxygen atoms in total. The minimum Gasteiger partial charge on any atom is -0.487 e. The molecule has 0 atom stereocenters. The molecule has 32 heavy (non-hydrogen) atoms. The SMILES string of the molecule is CCCS(=O)(=O)N(C(=O)OC(C)(C)C)c1cc(CC(=O)O)ccc1OCc1ccccc1. The number of anilines is 1. The number of carbonyl (C=O) groups is 2. The lowest BCUT2D eigenvalue weighted by Crippen LogP contribution is -2.42. The first-order valence-corrected chi connectivity index (χ1v) is 11.8. The van der Waals surface area contributed by atoms with E-state index in [2.05, 4.69) is 0 Å². The van der Waals surface area contributed by atoms with Gasteiger partial charge in [0, 0.05) is 0 Å². The fourth-order valence-electron chi connectivity index (χ4n) is 2.88. The lowest BCUT2D eigenvalue weighted by molar-refractivity contribution is -0.136. The Balaban J connectivity index is 2.57. The van der Waals surface area contributed by atoms with Crippen LogP contribution in [0, 0.1) is 0 Å². The average Bonchev–Trinajstić information content (AvgIpc) is 2.66. The van der Waals surface area contributed by atoms with Crippen molar-refractivity contribution in [3.8, 4) is 5.75 Å². The predicted molar refractivity (Wildman–Crippen MR) is 121 cm³/mol. The van der Waals surface area contributed by atoms with Crippen molar-refractivity contribution >= 4 is 27.8 Å². The van der Waals surface area contributed by atoms with Gasteiger partial charge in [0.15, 0.2) is 0 Å². The van der Waals surface area contributed by atoms with Crippen LogP contribution < -0.4 is 9.04 Å². The zero-order chi connectivity index (χ0) is 23.9. The van der Waals surface area contributed by atoms with Gasteiger partial charge in [-0.05, 0) is 50.5 Å². The van der Waals surface area contributed by atoms with Gasteiger partial charge in [0.25, 0.3) is 0 Å². The molecular formula is C23H29NO7S. The smallest absolute Gasteiger partial charge is 0.429 e. The molecule has 2 aromatic carbocycles. The van der Waals surface area contributed by atoms with Crippen molar-refractivity contribution in [1.29, 1.82) is 0 Å². The molecule has 0 aliphatic carbocycles. The third-order valence-corrected chi connectivity index (χ3v) is 5.96. The molecule has 0 saturated heterocycles. The lowest BCUT2D eigenvalue weighted by Gasteiger charge is -2.28. The minimum atomic E-state index is -4.12. The van der Waals surface area contributed by atoms with Crippen LogP contribution in [0.15, 0.2) is 48.5 Å². The first kappa shape index (κ1) is 25.2. The summed E-state index contributed by atoms with van der Waals surface area (Å²) < 4.78 is 37.9. The van der Waals surface area contributed by atoms with E-state index in [1.807, 2.05) is 30.3 Å². The van der Waals surface area contributed by atoms with Crippen molar-refractivity contribution in [3.63, 3.8) is 0 Å². The Kier molecular flexibility index (Phi) is 8.26. The fraction of sp³-hybridized carbons (Fsp3) is 0.391. The zero-order valence-electron chi connectivity index (χ0n) is 18.7. The summed E-state index contributed by atoms with van der Waals surface area (Å²) in [6.45, 7) is 6.69. The highest BCUT2D eigenvalue weighted by Crippen LogP contribution is 2.34. The molecule has 0 aromatic heterocycles. The average molecular weight is 464 g/mol. The molecule has 0 spiro atoms. The third-order valence-electron chi connectivity index (χ3n) is 4.13. The Morgan fingerprint density at radius 1 is 1.03 bits per heavy atom. The van der Waals surface area contributed by atoms with E-state index < -0.39 is 27.7 Å². The molecule has 2 aromatic rings. The van der Waals surface area contributed by atoms with E-state index in [0.717, 1.165) is 5.56 Å². The van der Waals surface area contributed by atoms with Gasteiger partial charge in [-0.25, -0.2) is 13.2 Å². The van der Waals surface area contributed by atoms with Crippen LogP contribution in [0.25, 0.3) is 0 Å². The summed E-state index contributed by atoms with van der Waals surface area (Å²) in [7, 11) is -4.12. The monoisotopic (exact) mass is 463 g/mol. The van der Waals surface area contributed by atoms with Gasteiger partial charge in [0.05, 0.1) is 12.2 Å². The Labute approximate surface area is 188 Å². The van der Waals surface area contributed by atoms with E-state index in [1.165, 1.54) is 18.2 Å². The second-order valence-electron chi connectivity index (χ2n) is 8.21. The molecule has 0 fully saturated rings. The molecule has 9 heteroatoms. The van der Waals surface area contributed by atoms with Crippen molar-refractivity contribution in [2.75, 3.05) is 10.1 Å². The largest absolute Gasteiger partial charge is 0.487 e. The van der Waals surface area contributed by atoms with Crippen LogP contribution in [0.1, 0.15) is 45.2 Å². The summed E-state index contributed by atoms with van der Waals surface area (Å²) in [6, 6.07) is 13.6. The summed E-state index contributed by atoms with van der Waals surface area (Å²) >= 11 is 0. The van der Waals surface area contributed by atoms with Crippen molar-refractivity contribution in [3.05, 3.63) is 59.7 Å². The standard InChI is InChI=1S/C23H29NO7S/c1-5-13-32(28,29)24(22(27)31-23(2,3)4)19-14-18(15-21(25)26)11-12-20(19)30-16-17-9-7-6-8-10-17/h6-12,14H,5,13,15-16H2,1-4H3,(H,25,26). The number of hydrogen-bond donors (Lipinski definition) is 1. The van der Waals surface area contributed by atoms with Gasteiger partial charge in [0.1, 0.15) is 23.6 Å². The number of rotatable bonds is 9. The second kappa shape index (κ2) is 10.5. The van der Waals surface area contributed by atoms with E-state index in [4.69, 9.17) is 14.6 Å². The van der Waals surface area contributed by atoms with Crippen LogP contribution in [0.2, 0.25) is 0 Å². The molecule has 0 bridgehead atoms. The number of ether oxygens (including phenoxy) is 2. The highest BCUT2D eigenvalue weighted by atomic mass is 32.2. The van der Waals surface area contributed by atoms with E-state index >= 15 is 0 Å². The van der Waals surface area contributed by atoms with Crippen molar-refractivity contribution in [2.24, 2.45) is 0 Å². The van der Waals surface area contributed by atoms with Crippen molar-refractivity contribution in [2.45, 2.75) is 52.7 Å². The second-order valence-corrected chi connectivity index (χ2v) is 10.1. The normalized spacial score (nSPS) is 11.6. The summed E-state index contributed by atoms with van der Waals surface area (Å²) in [5.41, 5.74) is 0.136. The van der Waals surface area contributed by atoms with Gasteiger partial charge in [-0.1, -0.05) is 43.3 Å². The Hall–Kier alpha value is -3.07. The summed E-state index contributed by atoms with van der Waals surface area (Å²) in [5, 5.41) is 9.17. The van der Waals surface area contributed by atoms with Crippen LogP contribution >= 0.6 is 0 Å². The van der Waals surface area contributed by atoms with Crippen LogP contribution in [-0.4, -0.2) is 36.9 Å². The molecule has 2 rings (SSSR count). The van der Waals surface area contributed by atoms with E-state index in [1.54, 1.807) is 27.7 Å².